The molecule has 1 aromatic heterocycles. The molecule has 134 valence electrons. The van der Waals surface area contributed by atoms with E-state index in [0.29, 0.717) is 17.9 Å². The highest BCUT2D eigenvalue weighted by Gasteiger charge is 2.10. The van der Waals surface area contributed by atoms with Gasteiger partial charge in [-0.05, 0) is 49.4 Å². The Morgan fingerprint density at radius 1 is 1.04 bits per heavy atom. The van der Waals surface area contributed by atoms with Crippen molar-refractivity contribution in [1.82, 2.24) is 4.98 Å². The first-order valence-corrected chi connectivity index (χ1v) is 9.55. The fourth-order valence-corrected chi connectivity index (χ4v) is 3.78. The van der Waals surface area contributed by atoms with Crippen LogP contribution in [0.3, 0.4) is 0 Å². The lowest BCUT2D eigenvalue weighted by Crippen LogP contribution is -2.12. The van der Waals surface area contributed by atoms with E-state index in [1.807, 2.05) is 61.5 Å². The molecule has 1 heterocycles. The lowest BCUT2D eigenvalue weighted by molar-refractivity contribution is 0.102. The Hall–Kier alpha value is -3.18. The van der Waals surface area contributed by atoms with E-state index in [-0.39, 0.29) is 5.91 Å². The number of nitrogens with zero attached hydrogens (tertiary/aromatic N) is 1. The Balaban J connectivity index is 1.57. The number of hydrogen-bond acceptors (Lipinski definition) is 4. The highest BCUT2D eigenvalue weighted by molar-refractivity contribution is 7.21. The number of para-hydroxylation sites is 1. The van der Waals surface area contributed by atoms with Gasteiger partial charge in [0.05, 0.1) is 16.8 Å². The Labute approximate surface area is 161 Å². The lowest BCUT2D eigenvalue weighted by atomic mass is 10.1. The largest absolute Gasteiger partial charge is 0.494 e. The molecule has 0 radical (unpaired) electrons. The molecule has 0 unspecified atom stereocenters. The standard InChI is InChI=1S/C22H18N2O2S/c1-2-26-18-10-6-7-15(14-18)21(25)23-17-9-5-8-16(13-17)22-24-19-11-3-4-12-20(19)27-22/h3-14H,2H2,1H3,(H,23,25). The molecule has 4 rings (SSSR count). The van der Waals surface area contributed by atoms with E-state index in [4.69, 9.17) is 4.74 Å². The van der Waals surface area contributed by atoms with Crippen LogP contribution < -0.4 is 10.1 Å². The highest BCUT2D eigenvalue weighted by atomic mass is 32.1. The number of amides is 1. The Kier molecular flexibility index (Phi) is 4.85. The van der Waals surface area contributed by atoms with Crippen LogP contribution in [0.2, 0.25) is 0 Å². The molecule has 1 amide bonds. The second kappa shape index (κ2) is 7.60. The van der Waals surface area contributed by atoms with Crippen molar-refractivity contribution in [2.45, 2.75) is 6.92 Å². The van der Waals surface area contributed by atoms with E-state index in [0.717, 1.165) is 26.5 Å². The SMILES string of the molecule is CCOc1cccc(C(=O)Nc2cccc(-c3nc4ccccc4s3)c2)c1. The van der Waals surface area contributed by atoms with Gasteiger partial charge >= 0.3 is 0 Å². The molecule has 3 aromatic carbocycles. The third kappa shape index (κ3) is 3.83. The molecular formula is C22H18N2O2S. The summed E-state index contributed by atoms with van der Waals surface area (Å²) in [5, 5.41) is 3.89. The molecule has 0 spiro atoms. The Morgan fingerprint density at radius 2 is 1.89 bits per heavy atom. The summed E-state index contributed by atoms with van der Waals surface area (Å²) < 4.78 is 6.61. The van der Waals surface area contributed by atoms with Crippen LogP contribution in [0.1, 0.15) is 17.3 Å². The van der Waals surface area contributed by atoms with Crippen LogP contribution >= 0.6 is 11.3 Å². The minimum atomic E-state index is -0.169. The quantitative estimate of drug-likeness (QED) is 0.494. The number of fused-ring (bicyclic) bond motifs is 1. The van der Waals surface area contributed by atoms with Gasteiger partial charge in [-0.25, -0.2) is 4.98 Å². The molecule has 0 aliphatic rings. The average molecular weight is 374 g/mol. The van der Waals surface area contributed by atoms with Crippen LogP contribution in [0.4, 0.5) is 5.69 Å². The third-order valence-corrected chi connectivity index (χ3v) is 5.15. The van der Waals surface area contributed by atoms with Crippen LogP contribution in [-0.2, 0) is 0 Å². The fourth-order valence-electron chi connectivity index (χ4n) is 2.82. The molecule has 0 fully saturated rings. The Bertz CT molecular complexity index is 1070. The summed E-state index contributed by atoms with van der Waals surface area (Å²) in [5.74, 6) is 0.520. The van der Waals surface area contributed by atoms with Crippen molar-refractivity contribution in [3.8, 4) is 16.3 Å². The number of aromatic nitrogens is 1. The first kappa shape index (κ1) is 17.2. The van der Waals surface area contributed by atoms with Crippen LogP contribution in [0.5, 0.6) is 5.75 Å². The lowest BCUT2D eigenvalue weighted by Gasteiger charge is -2.08. The van der Waals surface area contributed by atoms with E-state index in [1.165, 1.54) is 0 Å². The number of carbonyl (C=O) groups excluding carboxylic acids is 1. The van der Waals surface area contributed by atoms with Crippen molar-refractivity contribution in [3.63, 3.8) is 0 Å². The molecule has 5 heteroatoms. The van der Waals surface area contributed by atoms with Crippen LogP contribution in [0, 0.1) is 0 Å². The summed E-state index contributed by atoms with van der Waals surface area (Å²) in [4.78, 5) is 17.3. The van der Waals surface area contributed by atoms with Gasteiger partial charge < -0.3 is 10.1 Å². The predicted octanol–water partition coefficient (Wildman–Crippen LogP) is 5.61. The van der Waals surface area contributed by atoms with Gasteiger partial charge in [0.15, 0.2) is 0 Å². The number of carbonyl (C=O) groups is 1. The summed E-state index contributed by atoms with van der Waals surface area (Å²) in [5.41, 5.74) is 3.27. The van der Waals surface area contributed by atoms with Gasteiger partial charge in [-0.3, -0.25) is 4.79 Å². The maximum atomic E-state index is 12.6. The van der Waals surface area contributed by atoms with Crippen LogP contribution in [-0.4, -0.2) is 17.5 Å². The fraction of sp³-hybridized carbons (Fsp3) is 0.0909. The molecule has 0 aliphatic carbocycles. The minimum Gasteiger partial charge on any atom is -0.494 e. The van der Waals surface area contributed by atoms with Gasteiger partial charge in [-0.1, -0.05) is 30.3 Å². The van der Waals surface area contributed by atoms with E-state index >= 15 is 0 Å². The zero-order valence-electron chi connectivity index (χ0n) is 14.8. The predicted molar refractivity (Wildman–Crippen MR) is 111 cm³/mol. The smallest absolute Gasteiger partial charge is 0.255 e. The zero-order chi connectivity index (χ0) is 18.6. The number of anilines is 1. The number of ether oxygens (including phenoxy) is 1. The third-order valence-electron chi connectivity index (χ3n) is 4.07. The summed E-state index contributed by atoms with van der Waals surface area (Å²) in [6, 6.07) is 23.0. The van der Waals surface area contributed by atoms with Gasteiger partial charge in [-0.15, -0.1) is 11.3 Å². The molecule has 4 aromatic rings. The summed E-state index contributed by atoms with van der Waals surface area (Å²) in [7, 11) is 0. The maximum Gasteiger partial charge on any atom is 0.255 e. The van der Waals surface area contributed by atoms with Crippen molar-refractivity contribution < 1.29 is 9.53 Å². The van der Waals surface area contributed by atoms with Gasteiger partial charge in [0.1, 0.15) is 10.8 Å². The van der Waals surface area contributed by atoms with Gasteiger partial charge in [0.25, 0.3) is 5.91 Å². The molecule has 27 heavy (non-hydrogen) atoms. The molecule has 4 nitrogen and oxygen atoms in total. The first-order valence-electron chi connectivity index (χ1n) is 8.73. The summed E-state index contributed by atoms with van der Waals surface area (Å²) in [6.07, 6.45) is 0. The monoisotopic (exact) mass is 374 g/mol. The average Bonchev–Trinajstić information content (AvgIpc) is 3.13. The zero-order valence-corrected chi connectivity index (χ0v) is 15.6. The van der Waals surface area contributed by atoms with E-state index in [1.54, 1.807) is 23.5 Å². The second-order valence-electron chi connectivity index (χ2n) is 5.98. The summed E-state index contributed by atoms with van der Waals surface area (Å²) >= 11 is 1.64. The topological polar surface area (TPSA) is 51.2 Å². The van der Waals surface area contributed by atoms with Gasteiger partial charge in [-0.2, -0.15) is 0 Å². The number of nitrogens with one attached hydrogen (secondary N) is 1. The van der Waals surface area contributed by atoms with Gasteiger partial charge in [0.2, 0.25) is 0 Å². The summed E-state index contributed by atoms with van der Waals surface area (Å²) in [6.45, 7) is 2.48. The molecule has 1 N–H and O–H groups in total. The van der Waals surface area contributed by atoms with E-state index < -0.39 is 0 Å². The normalized spacial score (nSPS) is 10.7. The Morgan fingerprint density at radius 3 is 2.74 bits per heavy atom. The molecule has 0 saturated heterocycles. The number of rotatable bonds is 5. The number of hydrogen-bond donors (Lipinski definition) is 1. The van der Waals surface area contributed by atoms with Crippen molar-refractivity contribution in [3.05, 3.63) is 78.4 Å². The highest BCUT2D eigenvalue weighted by Crippen LogP contribution is 2.31. The first-order chi connectivity index (χ1) is 13.2. The van der Waals surface area contributed by atoms with Crippen LogP contribution in [0.25, 0.3) is 20.8 Å². The van der Waals surface area contributed by atoms with Crippen molar-refractivity contribution in [1.29, 1.82) is 0 Å². The molecule has 0 bridgehead atoms. The van der Waals surface area contributed by atoms with Gasteiger partial charge in [0, 0.05) is 16.8 Å². The molecular weight excluding hydrogens is 356 g/mol. The van der Waals surface area contributed by atoms with Crippen molar-refractivity contribution in [2.24, 2.45) is 0 Å². The second-order valence-corrected chi connectivity index (χ2v) is 7.01. The van der Waals surface area contributed by atoms with E-state index in [2.05, 4.69) is 16.4 Å². The van der Waals surface area contributed by atoms with Crippen molar-refractivity contribution >= 4 is 33.1 Å². The molecule has 0 atom stereocenters. The maximum absolute atomic E-state index is 12.6. The van der Waals surface area contributed by atoms with Crippen LogP contribution in [0.15, 0.2) is 72.8 Å². The van der Waals surface area contributed by atoms with E-state index in [9.17, 15) is 4.79 Å². The molecule has 0 saturated carbocycles. The minimum absolute atomic E-state index is 0.169. The number of benzene rings is 3. The number of thiazole rings is 1. The molecule has 0 aliphatic heterocycles. The van der Waals surface area contributed by atoms with Crippen molar-refractivity contribution in [2.75, 3.05) is 11.9 Å².